The van der Waals surface area contributed by atoms with Crippen molar-refractivity contribution in [3.8, 4) is 0 Å². The first-order chi connectivity index (χ1) is 11.6. The van der Waals surface area contributed by atoms with Crippen LogP contribution in [0.1, 0.15) is 16.3 Å². The molecular formula is C18H20ClN3OS. The first kappa shape index (κ1) is 17.1. The molecule has 0 radical (unpaired) electrons. The Morgan fingerprint density at radius 2 is 2.12 bits per heavy atom. The normalized spacial score (nSPS) is 16.0. The molecule has 1 aliphatic heterocycles. The molecule has 1 aromatic heterocycles. The largest absolute Gasteiger partial charge is 0.337 e. The lowest BCUT2D eigenvalue weighted by atomic mass is 10.2. The summed E-state index contributed by atoms with van der Waals surface area (Å²) in [6.07, 6.45) is 3.45. The number of piperazine rings is 1. The molecule has 0 bridgehead atoms. The van der Waals surface area contributed by atoms with E-state index in [0.29, 0.717) is 5.02 Å². The fourth-order valence-corrected chi connectivity index (χ4v) is 3.52. The van der Waals surface area contributed by atoms with Gasteiger partial charge >= 0.3 is 0 Å². The highest BCUT2D eigenvalue weighted by atomic mass is 35.5. The molecule has 6 heteroatoms. The van der Waals surface area contributed by atoms with Crippen molar-refractivity contribution in [2.75, 3.05) is 26.2 Å². The molecule has 1 aliphatic rings. The fraction of sp³-hybridized carbons (Fsp3) is 0.333. The predicted molar refractivity (Wildman–Crippen MR) is 99.2 cm³/mol. The smallest absolute Gasteiger partial charge is 0.246 e. The van der Waals surface area contributed by atoms with Crippen molar-refractivity contribution in [3.63, 3.8) is 0 Å². The van der Waals surface area contributed by atoms with Crippen LogP contribution in [0.5, 0.6) is 0 Å². The lowest BCUT2D eigenvalue weighted by Crippen LogP contribution is -2.47. The molecule has 2 aromatic rings. The summed E-state index contributed by atoms with van der Waals surface area (Å²) in [6, 6.07) is 7.48. The summed E-state index contributed by atoms with van der Waals surface area (Å²) in [4.78, 5) is 21.0. The van der Waals surface area contributed by atoms with Gasteiger partial charge in [0.05, 0.1) is 10.7 Å². The van der Waals surface area contributed by atoms with Gasteiger partial charge in [-0.25, -0.2) is 4.98 Å². The van der Waals surface area contributed by atoms with Crippen LogP contribution in [0.15, 0.2) is 35.7 Å². The molecule has 4 nitrogen and oxygen atoms in total. The molecular weight excluding hydrogens is 342 g/mol. The number of aromatic nitrogens is 1. The quantitative estimate of drug-likeness (QED) is 0.782. The van der Waals surface area contributed by atoms with Crippen LogP contribution in [0.2, 0.25) is 5.02 Å². The molecule has 0 saturated carbocycles. The van der Waals surface area contributed by atoms with E-state index in [2.05, 4.69) is 15.3 Å². The third-order valence-corrected chi connectivity index (χ3v) is 5.06. The van der Waals surface area contributed by atoms with Crippen LogP contribution in [0.25, 0.3) is 6.08 Å². The molecule has 0 atom stereocenters. The Balaban J connectivity index is 1.49. The number of hydrogen-bond acceptors (Lipinski definition) is 4. The van der Waals surface area contributed by atoms with Gasteiger partial charge in [-0.1, -0.05) is 23.7 Å². The maximum absolute atomic E-state index is 12.3. The third kappa shape index (κ3) is 4.66. The third-order valence-electron chi connectivity index (χ3n) is 4.00. The summed E-state index contributed by atoms with van der Waals surface area (Å²) >= 11 is 7.64. The predicted octanol–water partition coefficient (Wildman–Crippen LogP) is 3.46. The maximum atomic E-state index is 12.3. The average molecular weight is 362 g/mol. The Morgan fingerprint density at radius 3 is 2.79 bits per heavy atom. The Bertz CT molecular complexity index is 735. The molecule has 1 saturated heterocycles. The van der Waals surface area contributed by atoms with Gasteiger partial charge in [-0.15, -0.1) is 11.3 Å². The SMILES string of the molecule is Cc1nc(CN2CCN(C(=O)C=Cc3cccc(Cl)c3)CC2)cs1. The van der Waals surface area contributed by atoms with Crippen LogP contribution in [0.4, 0.5) is 0 Å². The molecule has 0 unspecified atom stereocenters. The summed E-state index contributed by atoms with van der Waals surface area (Å²) in [5, 5.41) is 3.89. The van der Waals surface area contributed by atoms with Crippen LogP contribution >= 0.6 is 22.9 Å². The standard InChI is InChI=1S/C18H20ClN3OS/c1-14-20-17(13-24-14)12-21-7-9-22(10-8-21)18(23)6-5-15-3-2-4-16(19)11-15/h2-6,11,13H,7-10,12H2,1H3. The molecule has 2 heterocycles. The van der Waals surface area contributed by atoms with Gasteiger partial charge in [-0.2, -0.15) is 0 Å². The van der Waals surface area contributed by atoms with Gasteiger partial charge in [0.15, 0.2) is 0 Å². The van der Waals surface area contributed by atoms with Gasteiger partial charge < -0.3 is 4.90 Å². The highest BCUT2D eigenvalue weighted by molar-refractivity contribution is 7.09. The van der Waals surface area contributed by atoms with E-state index in [9.17, 15) is 4.79 Å². The minimum absolute atomic E-state index is 0.0547. The van der Waals surface area contributed by atoms with Crippen molar-refractivity contribution in [2.45, 2.75) is 13.5 Å². The van der Waals surface area contributed by atoms with Crippen LogP contribution in [0, 0.1) is 6.92 Å². The van der Waals surface area contributed by atoms with Crippen LogP contribution in [-0.4, -0.2) is 46.9 Å². The molecule has 24 heavy (non-hydrogen) atoms. The van der Waals surface area contributed by atoms with E-state index in [4.69, 9.17) is 11.6 Å². The number of amides is 1. The number of hydrogen-bond donors (Lipinski definition) is 0. The first-order valence-electron chi connectivity index (χ1n) is 7.96. The second-order valence-electron chi connectivity index (χ2n) is 5.85. The zero-order chi connectivity index (χ0) is 16.9. The van der Waals surface area contributed by atoms with Gasteiger partial charge in [0, 0.05) is 49.2 Å². The van der Waals surface area contributed by atoms with Crippen molar-refractivity contribution in [3.05, 3.63) is 57.0 Å². The summed E-state index contributed by atoms with van der Waals surface area (Å²) < 4.78 is 0. The van der Waals surface area contributed by atoms with Crippen LogP contribution in [0.3, 0.4) is 0 Å². The summed E-state index contributed by atoms with van der Waals surface area (Å²) in [5.41, 5.74) is 2.06. The Labute approximate surface area is 151 Å². The summed E-state index contributed by atoms with van der Waals surface area (Å²) in [7, 11) is 0. The van der Waals surface area contributed by atoms with Crippen LogP contribution in [-0.2, 0) is 11.3 Å². The van der Waals surface area contributed by atoms with E-state index in [1.54, 1.807) is 17.4 Å². The number of nitrogens with zero attached hydrogens (tertiary/aromatic N) is 3. The number of thiazole rings is 1. The van der Waals surface area contributed by atoms with Gasteiger partial charge in [-0.3, -0.25) is 9.69 Å². The number of aryl methyl sites for hydroxylation is 1. The van der Waals surface area contributed by atoms with E-state index >= 15 is 0 Å². The van der Waals surface area contributed by atoms with E-state index in [-0.39, 0.29) is 5.91 Å². The average Bonchev–Trinajstić information content (AvgIpc) is 2.98. The Morgan fingerprint density at radius 1 is 1.33 bits per heavy atom. The van der Waals surface area contributed by atoms with Crippen LogP contribution < -0.4 is 0 Å². The number of benzene rings is 1. The van der Waals surface area contributed by atoms with Crippen molar-refractivity contribution in [1.29, 1.82) is 0 Å². The highest BCUT2D eigenvalue weighted by Crippen LogP contribution is 2.14. The molecule has 0 aliphatic carbocycles. The van der Waals surface area contributed by atoms with E-state index in [1.807, 2.05) is 42.2 Å². The van der Waals surface area contributed by atoms with Crippen molar-refractivity contribution in [1.82, 2.24) is 14.8 Å². The number of halogens is 1. The van der Waals surface area contributed by atoms with Gasteiger partial charge in [0.25, 0.3) is 0 Å². The monoisotopic (exact) mass is 361 g/mol. The molecule has 1 fully saturated rings. The molecule has 3 rings (SSSR count). The van der Waals surface area contributed by atoms with E-state index in [1.165, 1.54) is 0 Å². The van der Waals surface area contributed by atoms with Gasteiger partial charge in [0.1, 0.15) is 0 Å². The minimum Gasteiger partial charge on any atom is -0.337 e. The number of carbonyl (C=O) groups excluding carboxylic acids is 1. The lowest BCUT2D eigenvalue weighted by molar-refractivity contribution is -0.127. The molecule has 126 valence electrons. The Kier molecular flexibility index (Phi) is 5.66. The molecule has 1 aromatic carbocycles. The van der Waals surface area contributed by atoms with E-state index < -0.39 is 0 Å². The Hall–Kier alpha value is -1.69. The van der Waals surface area contributed by atoms with E-state index in [0.717, 1.165) is 49.0 Å². The van der Waals surface area contributed by atoms with Gasteiger partial charge in [0.2, 0.25) is 5.91 Å². The second-order valence-corrected chi connectivity index (χ2v) is 7.35. The summed E-state index contributed by atoms with van der Waals surface area (Å²) in [5.74, 6) is 0.0547. The molecule has 0 spiro atoms. The topological polar surface area (TPSA) is 36.4 Å². The molecule has 0 N–H and O–H groups in total. The zero-order valence-corrected chi connectivity index (χ0v) is 15.2. The summed E-state index contributed by atoms with van der Waals surface area (Å²) in [6.45, 7) is 6.16. The first-order valence-corrected chi connectivity index (χ1v) is 9.22. The fourth-order valence-electron chi connectivity index (χ4n) is 2.72. The van der Waals surface area contributed by atoms with Gasteiger partial charge in [-0.05, 0) is 30.7 Å². The lowest BCUT2D eigenvalue weighted by Gasteiger charge is -2.33. The molecule has 1 amide bonds. The second kappa shape index (κ2) is 7.92. The van der Waals surface area contributed by atoms with Crippen molar-refractivity contribution >= 4 is 34.9 Å². The van der Waals surface area contributed by atoms with Crippen molar-refractivity contribution in [2.24, 2.45) is 0 Å². The highest BCUT2D eigenvalue weighted by Gasteiger charge is 2.20. The van der Waals surface area contributed by atoms with Crippen molar-refractivity contribution < 1.29 is 4.79 Å². The number of carbonyl (C=O) groups is 1. The zero-order valence-electron chi connectivity index (χ0n) is 13.6. The minimum atomic E-state index is 0.0547. The maximum Gasteiger partial charge on any atom is 0.246 e. The number of rotatable bonds is 4.